The van der Waals surface area contributed by atoms with E-state index in [1.807, 2.05) is 44.2 Å². The number of ether oxygens (including phenoxy) is 1. The van der Waals surface area contributed by atoms with Gasteiger partial charge in [-0.05, 0) is 49.2 Å². The van der Waals surface area contributed by atoms with Gasteiger partial charge in [-0.1, -0.05) is 23.5 Å². The fourth-order valence-corrected chi connectivity index (χ4v) is 4.69. The SMILES string of the molecule is COc1cccc(Nc2nnc(CCS(=O)(=O)c3ccc(C)c(C)c3)s2)c1. The molecule has 0 saturated carbocycles. The number of hydrogen-bond donors (Lipinski definition) is 1. The Morgan fingerprint density at radius 2 is 1.89 bits per heavy atom. The lowest BCUT2D eigenvalue weighted by Gasteiger charge is -2.06. The first-order valence-electron chi connectivity index (χ1n) is 8.41. The zero-order valence-corrected chi connectivity index (χ0v) is 17.0. The van der Waals surface area contributed by atoms with Gasteiger partial charge in [0, 0.05) is 18.2 Å². The lowest BCUT2D eigenvalue weighted by Crippen LogP contribution is -2.09. The Bertz CT molecular complexity index is 1050. The van der Waals surface area contributed by atoms with Gasteiger partial charge in [0.1, 0.15) is 10.8 Å². The Morgan fingerprint density at radius 3 is 2.63 bits per heavy atom. The van der Waals surface area contributed by atoms with Gasteiger partial charge < -0.3 is 10.1 Å². The molecule has 0 aliphatic carbocycles. The van der Waals surface area contributed by atoms with Gasteiger partial charge in [0.05, 0.1) is 17.8 Å². The Labute approximate surface area is 163 Å². The maximum absolute atomic E-state index is 12.6. The topological polar surface area (TPSA) is 81.2 Å². The van der Waals surface area contributed by atoms with Crippen LogP contribution in [-0.2, 0) is 16.3 Å². The molecule has 0 radical (unpaired) electrons. The second-order valence-electron chi connectivity index (χ2n) is 6.17. The van der Waals surface area contributed by atoms with Crippen LogP contribution in [0.3, 0.4) is 0 Å². The van der Waals surface area contributed by atoms with Crippen LogP contribution in [0.15, 0.2) is 47.4 Å². The summed E-state index contributed by atoms with van der Waals surface area (Å²) in [5.74, 6) is 0.743. The predicted molar refractivity (Wildman–Crippen MR) is 108 cm³/mol. The van der Waals surface area contributed by atoms with Crippen molar-refractivity contribution in [3.63, 3.8) is 0 Å². The number of sulfone groups is 1. The molecule has 3 aromatic rings. The first-order valence-corrected chi connectivity index (χ1v) is 10.9. The number of benzene rings is 2. The minimum atomic E-state index is -3.35. The largest absolute Gasteiger partial charge is 0.497 e. The Hall–Kier alpha value is -2.45. The minimum Gasteiger partial charge on any atom is -0.497 e. The van der Waals surface area contributed by atoms with Crippen molar-refractivity contribution >= 4 is 32.0 Å². The zero-order chi connectivity index (χ0) is 19.4. The van der Waals surface area contributed by atoms with Crippen LogP contribution < -0.4 is 10.1 Å². The molecular weight excluding hydrogens is 382 g/mol. The van der Waals surface area contributed by atoms with E-state index in [0.717, 1.165) is 22.6 Å². The first-order chi connectivity index (χ1) is 12.9. The molecule has 0 saturated heterocycles. The molecule has 0 aliphatic rings. The van der Waals surface area contributed by atoms with Crippen LogP contribution >= 0.6 is 11.3 Å². The van der Waals surface area contributed by atoms with Crippen molar-refractivity contribution in [1.29, 1.82) is 0 Å². The first kappa shape index (κ1) is 19.3. The van der Waals surface area contributed by atoms with Gasteiger partial charge in [-0.15, -0.1) is 10.2 Å². The van der Waals surface area contributed by atoms with Gasteiger partial charge in [-0.25, -0.2) is 8.42 Å². The summed E-state index contributed by atoms with van der Waals surface area (Å²) >= 11 is 1.34. The lowest BCUT2D eigenvalue weighted by molar-refractivity contribution is 0.415. The highest BCUT2D eigenvalue weighted by atomic mass is 32.2. The molecule has 2 aromatic carbocycles. The Balaban J connectivity index is 1.65. The van der Waals surface area contributed by atoms with Crippen molar-refractivity contribution in [2.75, 3.05) is 18.2 Å². The Kier molecular flexibility index (Phi) is 5.76. The molecule has 8 heteroatoms. The van der Waals surface area contributed by atoms with Crippen LogP contribution in [-0.4, -0.2) is 31.5 Å². The summed E-state index contributed by atoms with van der Waals surface area (Å²) in [6.45, 7) is 3.87. The summed E-state index contributed by atoms with van der Waals surface area (Å²) in [5.41, 5.74) is 2.88. The average molecular weight is 404 g/mol. The summed E-state index contributed by atoms with van der Waals surface area (Å²) in [6.07, 6.45) is 0.326. The van der Waals surface area contributed by atoms with Crippen molar-refractivity contribution in [1.82, 2.24) is 10.2 Å². The van der Waals surface area contributed by atoms with Crippen molar-refractivity contribution in [2.24, 2.45) is 0 Å². The number of aromatic nitrogens is 2. The second-order valence-corrected chi connectivity index (χ2v) is 9.34. The number of hydrogen-bond acceptors (Lipinski definition) is 7. The van der Waals surface area contributed by atoms with Gasteiger partial charge in [-0.2, -0.15) is 0 Å². The molecule has 0 amide bonds. The third-order valence-corrected chi connectivity index (χ3v) is 6.82. The standard InChI is InChI=1S/C19H21N3O3S2/c1-13-7-8-17(11-14(13)2)27(23,24)10-9-18-21-22-19(26-18)20-15-5-4-6-16(12-15)25-3/h4-8,11-12H,9-10H2,1-3H3,(H,20,22). The van der Waals surface area contributed by atoms with Crippen LogP contribution in [0.5, 0.6) is 5.75 Å². The van der Waals surface area contributed by atoms with Crippen LogP contribution in [0.25, 0.3) is 0 Å². The monoisotopic (exact) mass is 403 g/mol. The molecule has 3 rings (SSSR count). The van der Waals surface area contributed by atoms with Crippen molar-refractivity contribution < 1.29 is 13.2 Å². The van der Waals surface area contributed by atoms with Gasteiger partial charge >= 0.3 is 0 Å². The Morgan fingerprint density at radius 1 is 1.07 bits per heavy atom. The molecule has 142 valence electrons. The van der Waals surface area contributed by atoms with E-state index in [-0.39, 0.29) is 5.75 Å². The van der Waals surface area contributed by atoms with Crippen LogP contribution in [0, 0.1) is 13.8 Å². The van der Waals surface area contributed by atoms with E-state index in [1.54, 1.807) is 19.2 Å². The van der Waals surface area contributed by atoms with Crippen molar-refractivity contribution in [3.8, 4) is 5.75 Å². The lowest BCUT2D eigenvalue weighted by atomic mass is 10.1. The van der Waals surface area contributed by atoms with Crippen LogP contribution in [0.4, 0.5) is 10.8 Å². The molecule has 0 unspecified atom stereocenters. The molecule has 0 aliphatic heterocycles. The summed E-state index contributed by atoms with van der Waals surface area (Å²) < 4.78 is 30.3. The molecule has 6 nitrogen and oxygen atoms in total. The number of rotatable bonds is 7. The molecule has 1 aromatic heterocycles. The number of nitrogens with one attached hydrogen (secondary N) is 1. The van der Waals surface area contributed by atoms with E-state index in [4.69, 9.17) is 4.74 Å². The summed E-state index contributed by atoms with van der Waals surface area (Å²) in [5, 5.41) is 12.6. The van der Waals surface area contributed by atoms with E-state index in [9.17, 15) is 8.42 Å². The van der Waals surface area contributed by atoms with Crippen molar-refractivity contribution in [3.05, 3.63) is 58.6 Å². The highest BCUT2D eigenvalue weighted by Gasteiger charge is 2.17. The van der Waals surface area contributed by atoms with E-state index in [0.29, 0.717) is 21.5 Å². The number of aryl methyl sites for hydroxylation is 3. The second kappa shape index (κ2) is 8.06. The third-order valence-electron chi connectivity index (χ3n) is 4.21. The smallest absolute Gasteiger partial charge is 0.210 e. The number of nitrogens with zero attached hydrogens (tertiary/aromatic N) is 2. The highest BCUT2D eigenvalue weighted by Crippen LogP contribution is 2.24. The number of methoxy groups -OCH3 is 1. The summed E-state index contributed by atoms with van der Waals surface area (Å²) in [7, 11) is -1.75. The quantitative estimate of drug-likeness (QED) is 0.644. The fourth-order valence-electron chi connectivity index (χ4n) is 2.48. The third kappa shape index (κ3) is 4.84. The molecule has 27 heavy (non-hydrogen) atoms. The fraction of sp³-hybridized carbons (Fsp3) is 0.263. The molecule has 0 fully saturated rings. The maximum atomic E-state index is 12.6. The molecular formula is C19H21N3O3S2. The maximum Gasteiger partial charge on any atom is 0.210 e. The van der Waals surface area contributed by atoms with E-state index in [1.165, 1.54) is 11.3 Å². The zero-order valence-electron chi connectivity index (χ0n) is 15.4. The van der Waals surface area contributed by atoms with Gasteiger partial charge in [0.25, 0.3) is 0 Å². The molecule has 0 bridgehead atoms. The molecule has 0 spiro atoms. The van der Waals surface area contributed by atoms with E-state index < -0.39 is 9.84 Å². The van der Waals surface area contributed by atoms with Gasteiger partial charge in [-0.3, -0.25) is 0 Å². The van der Waals surface area contributed by atoms with E-state index in [2.05, 4.69) is 15.5 Å². The van der Waals surface area contributed by atoms with E-state index >= 15 is 0 Å². The van der Waals surface area contributed by atoms with Crippen LogP contribution in [0.1, 0.15) is 16.1 Å². The predicted octanol–water partition coefficient (Wildman–Crippen LogP) is 3.92. The molecule has 1 heterocycles. The summed E-state index contributed by atoms with van der Waals surface area (Å²) in [4.78, 5) is 0.352. The highest BCUT2D eigenvalue weighted by molar-refractivity contribution is 7.91. The van der Waals surface area contributed by atoms with Gasteiger partial charge in [0.2, 0.25) is 5.13 Å². The van der Waals surface area contributed by atoms with Crippen molar-refractivity contribution in [2.45, 2.75) is 25.2 Å². The summed E-state index contributed by atoms with van der Waals surface area (Å²) in [6, 6.07) is 12.7. The van der Waals surface area contributed by atoms with Gasteiger partial charge in [0.15, 0.2) is 9.84 Å². The normalized spacial score (nSPS) is 11.4. The van der Waals surface area contributed by atoms with Crippen LogP contribution in [0.2, 0.25) is 0 Å². The number of anilines is 2. The molecule has 0 atom stereocenters. The molecule has 1 N–H and O–H groups in total. The average Bonchev–Trinajstić information content (AvgIpc) is 3.10. The minimum absolute atomic E-state index is 0.00327.